The minimum Gasteiger partial charge on any atom is -0.458 e. The van der Waals surface area contributed by atoms with Gasteiger partial charge in [0.15, 0.2) is 0 Å². The van der Waals surface area contributed by atoms with Gasteiger partial charge in [0.05, 0.1) is 5.69 Å². The number of benzene rings is 1. The van der Waals surface area contributed by atoms with Crippen LogP contribution < -0.4 is 4.90 Å². The van der Waals surface area contributed by atoms with Crippen LogP contribution in [0.25, 0.3) is 0 Å². The smallest absolute Gasteiger partial charge is 0.303 e. The molecule has 0 saturated carbocycles. The van der Waals surface area contributed by atoms with Gasteiger partial charge in [0.2, 0.25) is 5.91 Å². The van der Waals surface area contributed by atoms with Crippen molar-refractivity contribution in [2.45, 2.75) is 32.3 Å². The number of nitrogens with zero attached hydrogens (tertiary/aromatic N) is 1. The van der Waals surface area contributed by atoms with Crippen LogP contribution in [0.15, 0.2) is 18.2 Å². The Balaban J connectivity index is 2.07. The van der Waals surface area contributed by atoms with Crippen LogP contribution in [0.4, 0.5) is 5.69 Å². The molecule has 94 valence electrons. The molecule has 2 aliphatic heterocycles. The van der Waals surface area contributed by atoms with Crippen molar-refractivity contribution in [3.8, 4) is 0 Å². The number of amides is 1. The molecule has 2 heterocycles. The maximum absolute atomic E-state index is 11.9. The summed E-state index contributed by atoms with van der Waals surface area (Å²) < 4.78 is 5.35. The molecule has 0 fully saturated rings. The zero-order valence-corrected chi connectivity index (χ0v) is 10.3. The number of hydrogen-bond donors (Lipinski definition) is 0. The number of aryl methyl sites for hydroxylation is 1. The fraction of sp³-hybridized carbons (Fsp3) is 0.429. The number of rotatable bonds is 1. The Labute approximate surface area is 106 Å². The van der Waals surface area contributed by atoms with Crippen molar-refractivity contribution in [1.29, 1.82) is 0 Å². The van der Waals surface area contributed by atoms with Gasteiger partial charge in [-0.2, -0.15) is 0 Å². The summed E-state index contributed by atoms with van der Waals surface area (Å²) in [6.45, 7) is 2.06. The number of para-hydroxylation sites is 1. The highest BCUT2D eigenvalue weighted by atomic mass is 16.5. The zero-order chi connectivity index (χ0) is 12.7. The maximum atomic E-state index is 11.9. The summed E-state index contributed by atoms with van der Waals surface area (Å²) in [5.74, 6) is -0.0931. The van der Waals surface area contributed by atoms with Crippen molar-refractivity contribution in [3.63, 3.8) is 0 Å². The predicted molar refractivity (Wildman–Crippen MR) is 66.2 cm³/mol. The van der Waals surface area contributed by atoms with E-state index in [1.165, 1.54) is 12.5 Å². The molecule has 2 aliphatic rings. The summed E-state index contributed by atoms with van der Waals surface area (Å²) in [5.41, 5.74) is 3.14. The summed E-state index contributed by atoms with van der Waals surface area (Å²) in [7, 11) is 0. The fourth-order valence-electron chi connectivity index (χ4n) is 2.86. The topological polar surface area (TPSA) is 46.6 Å². The first-order valence-electron chi connectivity index (χ1n) is 6.26. The molecule has 1 aromatic rings. The average Bonchev–Trinajstić information content (AvgIpc) is 2.35. The molecular formula is C14H15NO3. The van der Waals surface area contributed by atoms with Crippen LogP contribution in [0.3, 0.4) is 0 Å². The third-order valence-corrected chi connectivity index (χ3v) is 3.60. The molecule has 1 atom stereocenters. The van der Waals surface area contributed by atoms with Gasteiger partial charge in [-0.3, -0.25) is 9.59 Å². The van der Waals surface area contributed by atoms with E-state index in [9.17, 15) is 9.59 Å². The SMILES string of the molecule is CC(=O)OC1CCN2C(=O)CCc3cccc1c32. The minimum absolute atomic E-state index is 0.177. The van der Waals surface area contributed by atoms with Gasteiger partial charge in [-0.15, -0.1) is 0 Å². The van der Waals surface area contributed by atoms with Gasteiger partial charge in [0.25, 0.3) is 0 Å². The van der Waals surface area contributed by atoms with E-state index in [1.54, 1.807) is 0 Å². The Kier molecular flexibility index (Phi) is 2.58. The molecule has 0 saturated heterocycles. The number of esters is 1. The van der Waals surface area contributed by atoms with Gasteiger partial charge in [-0.05, 0) is 12.0 Å². The van der Waals surface area contributed by atoms with E-state index in [2.05, 4.69) is 6.07 Å². The normalized spacial score (nSPS) is 21.5. The standard InChI is InChI=1S/C14H15NO3/c1-9(16)18-12-7-8-15-13(17)6-5-10-3-2-4-11(12)14(10)15/h2-4,12H,5-8H2,1H3. The summed E-state index contributed by atoms with van der Waals surface area (Å²) in [4.78, 5) is 24.9. The molecule has 0 aromatic heterocycles. The van der Waals surface area contributed by atoms with Crippen molar-refractivity contribution < 1.29 is 14.3 Å². The third kappa shape index (κ3) is 1.68. The lowest BCUT2D eigenvalue weighted by Crippen LogP contribution is -2.40. The highest BCUT2D eigenvalue weighted by molar-refractivity contribution is 5.98. The predicted octanol–water partition coefficient (Wildman–Crippen LogP) is 1.97. The van der Waals surface area contributed by atoms with Crippen LogP contribution in [-0.2, 0) is 20.7 Å². The molecule has 0 aliphatic carbocycles. The van der Waals surface area contributed by atoms with Crippen LogP contribution >= 0.6 is 0 Å². The second-order valence-electron chi connectivity index (χ2n) is 4.79. The van der Waals surface area contributed by atoms with Gasteiger partial charge in [0, 0.05) is 31.9 Å². The molecule has 0 bridgehead atoms. The molecule has 4 nitrogen and oxygen atoms in total. The molecule has 0 N–H and O–H groups in total. The third-order valence-electron chi connectivity index (χ3n) is 3.60. The molecule has 18 heavy (non-hydrogen) atoms. The number of hydrogen-bond acceptors (Lipinski definition) is 3. The number of carbonyl (C=O) groups excluding carboxylic acids is 2. The Morgan fingerprint density at radius 2 is 2.22 bits per heavy atom. The van der Waals surface area contributed by atoms with E-state index >= 15 is 0 Å². The quantitative estimate of drug-likeness (QED) is 0.711. The van der Waals surface area contributed by atoms with E-state index < -0.39 is 0 Å². The second kappa shape index (κ2) is 4.12. The van der Waals surface area contributed by atoms with Crippen LogP contribution in [-0.4, -0.2) is 18.4 Å². The van der Waals surface area contributed by atoms with Crippen molar-refractivity contribution in [3.05, 3.63) is 29.3 Å². The number of anilines is 1. The highest BCUT2D eigenvalue weighted by Gasteiger charge is 2.34. The van der Waals surface area contributed by atoms with Crippen LogP contribution in [0.2, 0.25) is 0 Å². The molecule has 1 unspecified atom stereocenters. The average molecular weight is 245 g/mol. The minimum atomic E-state index is -0.270. The van der Waals surface area contributed by atoms with Gasteiger partial charge in [-0.25, -0.2) is 0 Å². The van der Waals surface area contributed by atoms with Crippen molar-refractivity contribution >= 4 is 17.6 Å². The molecule has 3 rings (SSSR count). The van der Waals surface area contributed by atoms with Crippen LogP contribution in [0.1, 0.15) is 37.0 Å². The lowest BCUT2D eigenvalue weighted by molar-refractivity contribution is -0.147. The van der Waals surface area contributed by atoms with Crippen LogP contribution in [0, 0.1) is 0 Å². The lowest BCUT2D eigenvalue weighted by atomic mass is 9.90. The first kappa shape index (κ1) is 11.3. The maximum Gasteiger partial charge on any atom is 0.303 e. The molecule has 1 aromatic carbocycles. The van der Waals surface area contributed by atoms with Crippen molar-refractivity contribution in [2.75, 3.05) is 11.4 Å². The van der Waals surface area contributed by atoms with E-state index in [4.69, 9.17) is 4.74 Å². The van der Waals surface area contributed by atoms with Crippen molar-refractivity contribution in [2.24, 2.45) is 0 Å². The first-order chi connectivity index (χ1) is 8.66. The van der Waals surface area contributed by atoms with E-state index in [-0.39, 0.29) is 18.0 Å². The largest absolute Gasteiger partial charge is 0.458 e. The summed E-state index contributed by atoms with van der Waals surface area (Å²) in [6.07, 6.45) is 1.83. The summed E-state index contributed by atoms with van der Waals surface area (Å²) in [6, 6.07) is 5.98. The zero-order valence-electron chi connectivity index (χ0n) is 10.3. The van der Waals surface area contributed by atoms with Gasteiger partial charge >= 0.3 is 5.97 Å². The Hall–Kier alpha value is -1.84. The van der Waals surface area contributed by atoms with Gasteiger partial charge in [0.1, 0.15) is 6.10 Å². The Bertz CT molecular complexity index is 524. The first-order valence-corrected chi connectivity index (χ1v) is 6.26. The summed E-state index contributed by atoms with van der Waals surface area (Å²) >= 11 is 0. The number of ether oxygens (including phenoxy) is 1. The summed E-state index contributed by atoms with van der Waals surface area (Å²) in [5, 5.41) is 0. The molecule has 4 heteroatoms. The van der Waals surface area contributed by atoms with Crippen molar-refractivity contribution in [1.82, 2.24) is 0 Å². The Morgan fingerprint density at radius 3 is 3.00 bits per heavy atom. The van der Waals surface area contributed by atoms with Crippen LogP contribution in [0.5, 0.6) is 0 Å². The fourth-order valence-corrected chi connectivity index (χ4v) is 2.86. The Morgan fingerprint density at radius 1 is 1.39 bits per heavy atom. The van der Waals surface area contributed by atoms with E-state index in [0.717, 1.165) is 17.7 Å². The lowest BCUT2D eigenvalue weighted by Gasteiger charge is -2.38. The second-order valence-corrected chi connectivity index (χ2v) is 4.79. The van der Waals surface area contributed by atoms with E-state index in [1.807, 2.05) is 17.0 Å². The van der Waals surface area contributed by atoms with Gasteiger partial charge < -0.3 is 9.64 Å². The molecule has 0 radical (unpaired) electrons. The number of carbonyl (C=O) groups is 2. The highest BCUT2D eigenvalue weighted by Crippen LogP contribution is 2.41. The monoisotopic (exact) mass is 245 g/mol. The molecule has 1 amide bonds. The van der Waals surface area contributed by atoms with E-state index in [0.29, 0.717) is 19.4 Å². The molecular weight excluding hydrogens is 230 g/mol. The van der Waals surface area contributed by atoms with Gasteiger partial charge in [-0.1, -0.05) is 18.2 Å². The molecule has 0 spiro atoms.